The molecule has 0 radical (unpaired) electrons. The van der Waals surface area contributed by atoms with Gasteiger partial charge in [-0.2, -0.15) is 0 Å². The van der Waals surface area contributed by atoms with Crippen LogP contribution in [0.5, 0.6) is 0 Å². The average Bonchev–Trinajstić information content (AvgIpc) is 2.41. The molecular formula is C15H15BrN2O2. The molecule has 0 heterocycles. The molecule has 0 amide bonds. The van der Waals surface area contributed by atoms with Gasteiger partial charge in [-0.3, -0.25) is 10.1 Å². The summed E-state index contributed by atoms with van der Waals surface area (Å²) in [6.45, 7) is 4.40. The molecule has 0 aromatic heterocycles. The van der Waals surface area contributed by atoms with Gasteiger partial charge in [-0.25, -0.2) is 0 Å². The predicted octanol–water partition coefficient (Wildman–Crippen LogP) is 4.59. The van der Waals surface area contributed by atoms with Crippen molar-refractivity contribution in [1.82, 2.24) is 0 Å². The highest BCUT2D eigenvalue weighted by Gasteiger charge is 2.10. The Balaban J connectivity index is 2.12. The van der Waals surface area contributed by atoms with Gasteiger partial charge >= 0.3 is 0 Å². The summed E-state index contributed by atoms with van der Waals surface area (Å²) >= 11 is 3.46. The smallest absolute Gasteiger partial charge is 0.274 e. The number of hydrogen-bond donors (Lipinski definition) is 1. The number of nitro groups is 1. The molecule has 20 heavy (non-hydrogen) atoms. The lowest BCUT2D eigenvalue weighted by atomic mass is 10.1. The van der Waals surface area contributed by atoms with Crippen molar-refractivity contribution in [3.05, 3.63) is 67.7 Å². The van der Waals surface area contributed by atoms with Gasteiger partial charge in [0.15, 0.2) is 0 Å². The SMILES string of the molecule is Cc1cc(CNc2ccc(C)c([N+](=O)[O-])c2)ccc1Br. The van der Waals surface area contributed by atoms with Crippen molar-refractivity contribution in [2.45, 2.75) is 20.4 Å². The third-order valence-corrected chi connectivity index (χ3v) is 4.01. The molecule has 5 heteroatoms. The Morgan fingerprint density at radius 3 is 2.55 bits per heavy atom. The van der Waals surface area contributed by atoms with E-state index in [1.54, 1.807) is 19.1 Å². The fourth-order valence-corrected chi connectivity index (χ4v) is 2.18. The lowest BCUT2D eigenvalue weighted by molar-refractivity contribution is -0.385. The molecule has 2 rings (SSSR count). The highest BCUT2D eigenvalue weighted by atomic mass is 79.9. The second kappa shape index (κ2) is 6.05. The first-order valence-corrected chi connectivity index (χ1v) is 7.00. The third-order valence-electron chi connectivity index (χ3n) is 3.12. The van der Waals surface area contributed by atoms with E-state index in [0.29, 0.717) is 12.1 Å². The quantitative estimate of drug-likeness (QED) is 0.657. The first kappa shape index (κ1) is 14.5. The molecule has 0 spiro atoms. The number of aryl methyl sites for hydroxylation is 2. The largest absolute Gasteiger partial charge is 0.381 e. The summed E-state index contributed by atoms with van der Waals surface area (Å²) in [5, 5.41) is 14.1. The van der Waals surface area contributed by atoms with Gasteiger partial charge in [-0.05, 0) is 37.1 Å². The molecule has 0 atom stereocenters. The highest BCUT2D eigenvalue weighted by molar-refractivity contribution is 9.10. The van der Waals surface area contributed by atoms with Crippen molar-refractivity contribution in [2.75, 3.05) is 5.32 Å². The zero-order valence-corrected chi connectivity index (χ0v) is 12.9. The van der Waals surface area contributed by atoms with Crippen LogP contribution in [0.15, 0.2) is 40.9 Å². The van der Waals surface area contributed by atoms with Gasteiger partial charge in [0.2, 0.25) is 0 Å². The Morgan fingerprint density at radius 2 is 1.90 bits per heavy atom. The molecule has 0 unspecified atom stereocenters. The Bertz CT molecular complexity index is 656. The molecule has 4 nitrogen and oxygen atoms in total. The lowest BCUT2D eigenvalue weighted by Gasteiger charge is -2.08. The van der Waals surface area contributed by atoms with Crippen LogP contribution in [0.2, 0.25) is 0 Å². The van der Waals surface area contributed by atoms with Gasteiger partial charge < -0.3 is 5.32 Å². The molecular weight excluding hydrogens is 320 g/mol. The van der Waals surface area contributed by atoms with Gasteiger partial charge in [0.1, 0.15) is 0 Å². The molecule has 1 N–H and O–H groups in total. The highest BCUT2D eigenvalue weighted by Crippen LogP contribution is 2.23. The summed E-state index contributed by atoms with van der Waals surface area (Å²) in [6.07, 6.45) is 0. The second-order valence-electron chi connectivity index (χ2n) is 4.70. The molecule has 2 aromatic rings. The summed E-state index contributed by atoms with van der Waals surface area (Å²) in [6, 6.07) is 11.3. The number of halogens is 1. The molecule has 0 saturated heterocycles. The number of nitrogens with zero attached hydrogens (tertiary/aromatic N) is 1. The minimum Gasteiger partial charge on any atom is -0.381 e. The van der Waals surface area contributed by atoms with E-state index in [2.05, 4.69) is 27.3 Å². The Labute approximate surface area is 126 Å². The van der Waals surface area contributed by atoms with Gasteiger partial charge in [0, 0.05) is 28.3 Å². The molecule has 0 bridgehead atoms. The van der Waals surface area contributed by atoms with Gasteiger partial charge in [-0.15, -0.1) is 0 Å². The van der Waals surface area contributed by atoms with E-state index < -0.39 is 0 Å². The Hall–Kier alpha value is -1.88. The van der Waals surface area contributed by atoms with Crippen LogP contribution in [0, 0.1) is 24.0 Å². The second-order valence-corrected chi connectivity index (χ2v) is 5.55. The molecule has 104 valence electrons. The van der Waals surface area contributed by atoms with Crippen molar-refractivity contribution in [2.24, 2.45) is 0 Å². The zero-order valence-electron chi connectivity index (χ0n) is 11.3. The maximum absolute atomic E-state index is 10.9. The summed E-state index contributed by atoms with van der Waals surface area (Å²) in [5.74, 6) is 0. The molecule has 0 aliphatic heterocycles. The monoisotopic (exact) mass is 334 g/mol. The van der Waals surface area contributed by atoms with Crippen LogP contribution >= 0.6 is 15.9 Å². The fraction of sp³-hybridized carbons (Fsp3) is 0.200. The molecule has 2 aromatic carbocycles. The van der Waals surface area contributed by atoms with Crippen LogP contribution < -0.4 is 5.32 Å². The van der Waals surface area contributed by atoms with E-state index in [1.165, 1.54) is 5.56 Å². The van der Waals surface area contributed by atoms with E-state index in [9.17, 15) is 10.1 Å². The van der Waals surface area contributed by atoms with Crippen LogP contribution in [0.25, 0.3) is 0 Å². The number of rotatable bonds is 4. The lowest BCUT2D eigenvalue weighted by Crippen LogP contribution is -2.01. The normalized spacial score (nSPS) is 10.3. The molecule has 0 fully saturated rings. The summed E-state index contributed by atoms with van der Waals surface area (Å²) in [5.41, 5.74) is 3.86. The number of nitro benzene ring substituents is 1. The third kappa shape index (κ3) is 3.36. The summed E-state index contributed by atoms with van der Waals surface area (Å²) in [4.78, 5) is 10.5. The molecule has 0 saturated carbocycles. The molecule has 0 aliphatic carbocycles. The number of hydrogen-bond acceptors (Lipinski definition) is 3. The van der Waals surface area contributed by atoms with Gasteiger partial charge in [0.05, 0.1) is 4.92 Å². The van der Waals surface area contributed by atoms with Crippen LogP contribution in [0.1, 0.15) is 16.7 Å². The van der Waals surface area contributed by atoms with Crippen molar-refractivity contribution in [3.8, 4) is 0 Å². The maximum atomic E-state index is 10.9. The van der Waals surface area contributed by atoms with E-state index in [1.807, 2.05) is 25.1 Å². The minimum atomic E-state index is -0.357. The van der Waals surface area contributed by atoms with Crippen LogP contribution in [0.3, 0.4) is 0 Å². The van der Waals surface area contributed by atoms with Gasteiger partial charge in [-0.1, -0.05) is 34.1 Å². The topological polar surface area (TPSA) is 55.2 Å². The van der Waals surface area contributed by atoms with E-state index in [-0.39, 0.29) is 10.6 Å². The van der Waals surface area contributed by atoms with Crippen molar-refractivity contribution in [1.29, 1.82) is 0 Å². The summed E-state index contributed by atoms with van der Waals surface area (Å²) < 4.78 is 1.08. The van der Waals surface area contributed by atoms with Crippen LogP contribution in [-0.4, -0.2) is 4.92 Å². The van der Waals surface area contributed by atoms with Crippen LogP contribution in [0.4, 0.5) is 11.4 Å². The number of nitrogens with one attached hydrogen (secondary N) is 1. The summed E-state index contributed by atoms with van der Waals surface area (Å²) in [7, 11) is 0. The Morgan fingerprint density at radius 1 is 1.15 bits per heavy atom. The zero-order chi connectivity index (χ0) is 14.7. The standard InChI is InChI=1S/C15H15BrN2O2/c1-10-3-5-13(8-15(10)18(19)20)17-9-12-4-6-14(16)11(2)7-12/h3-8,17H,9H2,1-2H3. The first-order valence-electron chi connectivity index (χ1n) is 6.21. The van der Waals surface area contributed by atoms with E-state index in [0.717, 1.165) is 15.7 Å². The van der Waals surface area contributed by atoms with Crippen molar-refractivity contribution >= 4 is 27.3 Å². The van der Waals surface area contributed by atoms with E-state index >= 15 is 0 Å². The van der Waals surface area contributed by atoms with Crippen LogP contribution in [-0.2, 0) is 6.54 Å². The Kier molecular flexibility index (Phi) is 4.39. The predicted molar refractivity (Wildman–Crippen MR) is 84.0 cm³/mol. The van der Waals surface area contributed by atoms with Crippen molar-refractivity contribution in [3.63, 3.8) is 0 Å². The molecule has 0 aliphatic rings. The fourth-order valence-electron chi connectivity index (χ4n) is 1.94. The number of benzene rings is 2. The maximum Gasteiger partial charge on any atom is 0.274 e. The first-order chi connectivity index (χ1) is 9.47. The van der Waals surface area contributed by atoms with Crippen molar-refractivity contribution < 1.29 is 4.92 Å². The van der Waals surface area contributed by atoms with E-state index in [4.69, 9.17) is 0 Å². The average molecular weight is 335 g/mol. The number of anilines is 1. The minimum absolute atomic E-state index is 0.141. The van der Waals surface area contributed by atoms with Gasteiger partial charge in [0.25, 0.3) is 5.69 Å².